The number of phenolic OH excluding ortho intramolecular Hbond substituents is 1. The third kappa shape index (κ3) is 1.92. The highest BCUT2D eigenvalue weighted by Crippen LogP contribution is 2.33. The van der Waals surface area contributed by atoms with Gasteiger partial charge in [-0.1, -0.05) is 15.9 Å². The molecule has 1 rings (SSSR count). The van der Waals surface area contributed by atoms with Crippen molar-refractivity contribution >= 4 is 15.9 Å². The molecule has 0 amide bonds. The SMILES string of the molecule is Cc1cc(O)c([C@@H](N)CN)c(C)c1Br. The van der Waals surface area contributed by atoms with Gasteiger partial charge in [-0.2, -0.15) is 0 Å². The molecule has 0 aromatic heterocycles. The molecule has 0 aliphatic heterocycles. The summed E-state index contributed by atoms with van der Waals surface area (Å²) in [6, 6.07) is 1.38. The maximum absolute atomic E-state index is 9.74. The van der Waals surface area contributed by atoms with E-state index in [1.165, 1.54) is 0 Å². The van der Waals surface area contributed by atoms with Crippen molar-refractivity contribution in [1.29, 1.82) is 0 Å². The quantitative estimate of drug-likeness (QED) is 0.757. The maximum Gasteiger partial charge on any atom is 0.121 e. The van der Waals surface area contributed by atoms with E-state index < -0.39 is 0 Å². The van der Waals surface area contributed by atoms with Gasteiger partial charge in [-0.05, 0) is 31.0 Å². The highest BCUT2D eigenvalue weighted by Gasteiger charge is 2.15. The van der Waals surface area contributed by atoms with E-state index >= 15 is 0 Å². The van der Waals surface area contributed by atoms with Gasteiger partial charge in [0.2, 0.25) is 0 Å². The van der Waals surface area contributed by atoms with Crippen molar-refractivity contribution in [3.8, 4) is 5.75 Å². The number of hydrogen-bond acceptors (Lipinski definition) is 3. The minimum absolute atomic E-state index is 0.223. The first-order valence-electron chi connectivity index (χ1n) is 4.43. The molecule has 0 heterocycles. The lowest BCUT2D eigenvalue weighted by Gasteiger charge is -2.17. The average molecular weight is 259 g/mol. The first kappa shape index (κ1) is 11.5. The molecule has 0 saturated carbocycles. The number of halogens is 1. The van der Waals surface area contributed by atoms with Crippen LogP contribution < -0.4 is 11.5 Å². The number of nitrogens with two attached hydrogens (primary N) is 2. The molecule has 4 heteroatoms. The van der Waals surface area contributed by atoms with Crippen LogP contribution >= 0.6 is 15.9 Å². The third-order valence-electron chi connectivity index (χ3n) is 2.33. The number of aromatic hydroxyl groups is 1. The van der Waals surface area contributed by atoms with E-state index in [0.717, 1.165) is 21.2 Å². The molecule has 78 valence electrons. The smallest absolute Gasteiger partial charge is 0.121 e. The van der Waals surface area contributed by atoms with Crippen LogP contribution in [0.5, 0.6) is 5.75 Å². The maximum atomic E-state index is 9.74. The summed E-state index contributed by atoms with van der Waals surface area (Å²) in [6.07, 6.45) is 0. The summed E-state index contributed by atoms with van der Waals surface area (Å²) in [6.45, 7) is 4.17. The summed E-state index contributed by atoms with van der Waals surface area (Å²) in [5.74, 6) is 0.223. The van der Waals surface area contributed by atoms with Crippen molar-refractivity contribution in [3.05, 3.63) is 27.2 Å². The Balaban J connectivity index is 3.36. The first-order chi connectivity index (χ1) is 6.49. The molecule has 0 unspecified atom stereocenters. The molecule has 0 bridgehead atoms. The van der Waals surface area contributed by atoms with Gasteiger partial charge in [0.15, 0.2) is 0 Å². The summed E-state index contributed by atoms with van der Waals surface area (Å²) in [7, 11) is 0. The fourth-order valence-electron chi connectivity index (χ4n) is 1.54. The Kier molecular flexibility index (Phi) is 3.53. The topological polar surface area (TPSA) is 72.3 Å². The van der Waals surface area contributed by atoms with Gasteiger partial charge in [0, 0.05) is 22.6 Å². The molecule has 0 saturated heterocycles. The molecule has 1 aromatic carbocycles. The van der Waals surface area contributed by atoms with Crippen molar-refractivity contribution in [1.82, 2.24) is 0 Å². The minimum Gasteiger partial charge on any atom is -0.508 e. The van der Waals surface area contributed by atoms with Gasteiger partial charge < -0.3 is 16.6 Å². The van der Waals surface area contributed by atoms with Crippen LogP contribution in [0.15, 0.2) is 10.5 Å². The Morgan fingerprint density at radius 2 is 2.07 bits per heavy atom. The van der Waals surface area contributed by atoms with E-state index in [1.807, 2.05) is 13.8 Å². The molecule has 0 aliphatic carbocycles. The lowest BCUT2D eigenvalue weighted by molar-refractivity contribution is 0.460. The van der Waals surface area contributed by atoms with Gasteiger partial charge in [0.1, 0.15) is 5.75 Å². The Labute approximate surface area is 92.2 Å². The predicted octanol–water partition coefficient (Wildman–Crippen LogP) is 1.73. The van der Waals surface area contributed by atoms with Crippen molar-refractivity contribution < 1.29 is 5.11 Å². The molecule has 5 N–H and O–H groups in total. The van der Waals surface area contributed by atoms with Gasteiger partial charge in [-0.25, -0.2) is 0 Å². The summed E-state index contributed by atoms with van der Waals surface area (Å²) in [5, 5.41) is 9.74. The monoisotopic (exact) mass is 258 g/mol. The molecule has 0 fully saturated rings. The summed E-state index contributed by atoms with van der Waals surface area (Å²) in [4.78, 5) is 0. The average Bonchev–Trinajstić information content (AvgIpc) is 2.14. The molecule has 0 radical (unpaired) electrons. The molecular weight excluding hydrogens is 244 g/mol. The van der Waals surface area contributed by atoms with Crippen LogP contribution in [-0.4, -0.2) is 11.7 Å². The summed E-state index contributed by atoms with van der Waals surface area (Å²) >= 11 is 3.45. The summed E-state index contributed by atoms with van der Waals surface area (Å²) in [5.41, 5.74) is 14.0. The van der Waals surface area contributed by atoms with Gasteiger partial charge >= 0.3 is 0 Å². The Morgan fingerprint density at radius 1 is 1.50 bits per heavy atom. The first-order valence-corrected chi connectivity index (χ1v) is 5.22. The standard InChI is InChI=1S/C10H15BrN2O/c1-5-3-8(14)9(7(13)4-12)6(2)10(5)11/h3,7,14H,4,12-13H2,1-2H3/t7-/m0/s1. The second kappa shape index (κ2) is 4.29. The number of benzene rings is 1. The Bertz CT molecular complexity index is 352. The predicted molar refractivity (Wildman–Crippen MR) is 61.3 cm³/mol. The number of rotatable bonds is 2. The van der Waals surface area contributed by atoms with Gasteiger partial charge in [-0.3, -0.25) is 0 Å². The molecule has 0 spiro atoms. The zero-order chi connectivity index (χ0) is 10.9. The van der Waals surface area contributed by atoms with Crippen molar-refractivity contribution in [2.45, 2.75) is 19.9 Å². The van der Waals surface area contributed by atoms with Crippen molar-refractivity contribution in [3.63, 3.8) is 0 Å². The van der Waals surface area contributed by atoms with Crippen LogP contribution in [0.3, 0.4) is 0 Å². The molecule has 14 heavy (non-hydrogen) atoms. The van der Waals surface area contributed by atoms with Gasteiger partial charge in [0.05, 0.1) is 0 Å². The zero-order valence-corrected chi connectivity index (χ0v) is 9.93. The van der Waals surface area contributed by atoms with Crippen LogP contribution in [-0.2, 0) is 0 Å². The van der Waals surface area contributed by atoms with Crippen molar-refractivity contribution in [2.24, 2.45) is 11.5 Å². The Morgan fingerprint density at radius 3 is 2.57 bits per heavy atom. The van der Waals surface area contributed by atoms with E-state index in [2.05, 4.69) is 15.9 Å². The van der Waals surface area contributed by atoms with Crippen LogP contribution in [0.25, 0.3) is 0 Å². The molecule has 3 nitrogen and oxygen atoms in total. The second-order valence-corrected chi connectivity index (χ2v) is 4.20. The van der Waals surface area contributed by atoms with E-state index in [-0.39, 0.29) is 11.8 Å². The normalized spacial score (nSPS) is 12.9. The van der Waals surface area contributed by atoms with Gasteiger partial charge in [0.25, 0.3) is 0 Å². The third-order valence-corrected chi connectivity index (χ3v) is 3.55. The number of aryl methyl sites for hydroxylation is 1. The largest absolute Gasteiger partial charge is 0.508 e. The van der Waals surface area contributed by atoms with E-state index in [9.17, 15) is 5.11 Å². The Hall–Kier alpha value is -0.580. The molecule has 0 aliphatic rings. The van der Waals surface area contributed by atoms with Gasteiger partial charge in [-0.15, -0.1) is 0 Å². The highest BCUT2D eigenvalue weighted by atomic mass is 79.9. The van der Waals surface area contributed by atoms with E-state index in [1.54, 1.807) is 6.07 Å². The van der Waals surface area contributed by atoms with Crippen LogP contribution in [0, 0.1) is 13.8 Å². The minimum atomic E-state index is -0.313. The highest BCUT2D eigenvalue weighted by molar-refractivity contribution is 9.10. The lowest BCUT2D eigenvalue weighted by Crippen LogP contribution is -2.22. The van der Waals surface area contributed by atoms with E-state index in [0.29, 0.717) is 6.54 Å². The van der Waals surface area contributed by atoms with Crippen LogP contribution in [0.4, 0.5) is 0 Å². The second-order valence-electron chi connectivity index (χ2n) is 3.41. The fourth-order valence-corrected chi connectivity index (χ4v) is 1.87. The van der Waals surface area contributed by atoms with Crippen LogP contribution in [0.1, 0.15) is 22.7 Å². The summed E-state index contributed by atoms with van der Waals surface area (Å²) < 4.78 is 0.981. The van der Waals surface area contributed by atoms with Crippen LogP contribution in [0.2, 0.25) is 0 Å². The number of phenols is 1. The number of hydrogen-bond donors (Lipinski definition) is 3. The molecule has 1 atom stereocenters. The fraction of sp³-hybridized carbons (Fsp3) is 0.400. The molecular formula is C10H15BrN2O. The van der Waals surface area contributed by atoms with E-state index in [4.69, 9.17) is 11.5 Å². The zero-order valence-electron chi connectivity index (χ0n) is 8.34. The van der Waals surface area contributed by atoms with Crippen molar-refractivity contribution in [2.75, 3.05) is 6.54 Å². The lowest BCUT2D eigenvalue weighted by atomic mass is 9.98. The molecule has 1 aromatic rings.